The van der Waals surface area contributed by atoms with E-state index in [2.05, 4.69) is 20.3 Å². The molecule has 0 fully saturated rings. The number of carbonyl (C=O) groups is 1. The van der Waals surface area contributed by atoms with Gasteiger partial charge in [-0.25, -0.2) is 9.97 Å². The highest BCUT2D eigenvalue weighted by atomic mass is 19.4. The van der Waals surface area contributed by atoms with Gasteiger partial charge in [0.15, 0.2) is 5.65 Å². The third-order valence-corrected chi connectivity index (χ3v) is 2.30. The first-order valence-corrected chi connectivity index (χ1v) is 5.03. The van der Waals surface area contributed by atoms with Crippen LogP contribution in [-0.4, -0.2) is 34.0 Å². The van der Waals surface area contributed by atoms with Gasteiger partial charge in [0.1, 0.15) is 11.6 Å². The summed E-state index contributed by atoms with van der Waals surface area (Å²) in [5, 5.41) is 2.78. The maximum atomic E-state index is 12.1. The van der Waals surface area contributed by atoms with Crippen LogP contribution in [0.2, 0.25) is 0 Å². The molecular weight excluding hydrogens is 249 g/mol. The van der Waals surface area contributed by atoms with Crippen molar-refractivity contribution in [2.45, 2.75) is 12.6 Å². The summed E-state index contributed by atoms with van der Waals surface area (Å²) in [7, 11) is 1.66. The highest BCUT2D eigenvalue weighted by Crippen LogP contribution is 2.19. The van der Waals surface area contributed by atoms with Crippen LogP contribution in [-0.2, 0) is 11.2 Å². The molecule has 0 unspecified atom stereocenters. The summed E-state index contributed by atoms with van der Waals surface area (Å²) in [5.74, 6) is -1.34. The summed E-state index contributed by atoms with van der Waals surface area (Å²) in [4.78, 5) is 21.3. The van der Waals surface area contributed by atoms with Gasteiger partial charge in [-0.05, 0) is 12.1 Å². The van der Waals surface area contributed by atoms with Crippen LogP contribution in [0.15, 0.2) is 12.1 Å². The Morgan fingerprint density at radius 1 is 1.39 bits per heavy atom. The number of anilines is 1. The Labute approximate surface area is 99.4 Å². The quantitative estimate of drug-likeness (QED) is 0.878. The second kappa shape index (κ2) is 4.28. The number of nitrogens with one attached hydrogen (secondary N) is 2. The fourth-order valence-electron chi connectivity index (χ4n) is 1.42. The SMILES string of the molecule is CNc1ccc2[nH]c(CC(=O)C(F)(F)F)nc2n1. The Hall–Kier alpha value is -2.12. The zero-order chi connectivity index (χ0) is 13.3. The number of nitrogens with zero attached hydrogens (tertiary/aromatic N) is 2. The predicted octanol–water partition coefficient (Wildman–Crippen LogP) is 1.67. The molecular formula is C10H9F3N4O. The summed E-state index contributed by atoms with van der Waals surface area (Å²) < 4.78 is 36.3. The molecule has 2 aromatic heterocycles. The third-order valence-electron chi connectivity index (χ3n) is 2.30. The lowest BCUT2D eigenvalue weighted by Crippen LogP contribution is -2.24. The van der Waals surface area contributed by atoms with E-state index < -0.39 is 18.4 Å². The van der Waals surface area contributed by atoms with E-state index in [-0.39, 0.29) is 11.5 Å². The van der Waals surface area contributed by atoms with Crippen molar-refractivity contribution >= 4 is 22.8 Å². The maximum Gasteiger partial charge on any atom is 0.450 e. The smallest absolute Gasteiger partial charge is 0.373 e. The van der Waals surface area contributed by atoms with Crippen molar-refractivity contribution < 1.29 is 18.0 Å². The number of fused-ring (bicyclic) bond motifs is 1. The molecule has 0 spiro atoms. The van der Waals surface area contributed by atoms with Gasteiger partial charge in [0.25, 0.3) is 0 Å². The van der Waals surface area contributed by atoms with E-state index in [1.54, 1.807) is 19.2 Å². The largest absolute Gasteiger partial charge is 0.450 e. The molecule has 0 aliphatic carbocycles. The molecule has 8 heteroatoms. The second-order valence-electron chi connectivity index (χ2n) is 3.60. The minimum absolute atomic E-state index is 0.0481. The fourth-order valence-corrected chi connectivity index (χ4v) is 1.42. The maximum absolute atomic E-state index is 12.1. The Bertz CT molecular complexity index is 590. The zero-order valence-electron chi connectivity index (χ0n) is 9.30. The second-order valence-corrected chi connectivity index (χ2v) is 3.60. The van der Waals surface area contributed by atoms with Crippen LogP contribution in [0.4, 0.5) is 19.0 Å². The number of halogens is 3. The average molecular weight is 258 g/mol. The molecule has 0 aliphatic rings. The Kier molecular flexibility index (Phi) is 2.93. The van der Waals surface area contributed by atoms with Gasteiger partial charge >= 0.3 is 6.18 Å². The molecule has 0 radical (unpaired) electrons. The van der Waals surface area contributed by atoms with Gasteiger partial charge in [0.05, 0.1) is 11.9 Å². The normalized spacial score (nSPS) is 11.8. The van der Waals surface area contributed by atoms with Crippen LogP contribution >= 0.6 is 0 Å². The van der Waals surface area contributed by atoms with Gasteiger partial charge in [-0.15, -0.1) is 0 Å². The summed E-state index contributed by atoms with van der Waals surface area (Å²) in [6.07, 6.45) is -5.66. The summed E-state index contributed by atoms with van der Waals surface area (Å²) in [6, 6.07) is 3.28. The molecule has 2 N–H and O–H groups in total. The number of rotatable bonds is 3. The number of imidazole rings is 1. The van der Waals surface area contributed by atoms with Crippen molar-refractivity contribution in [2.24, 2.45) is 0 Å². The van der Waals surface area contributed by atoms with Crippen molar-refractivity contribution in [3.8, 4) is 0 Å². The van der Waals surface area contributed by atoms with E-state index in [4.69, 9.17) is 0 Å². The number of pyridine rings is 1. The Morgan fingerprint density at radius 2 is 2.11 bits per heavy atom. The molecule has 5 nitrogen and oxygen atoms in total. The lowest BCUT2D eigenvalue weighted by Gasteiger charge is -2.01. The monoisotopic (exact) mass is 258 g/mol. The molecule has 2 aromatic rings. The van der Waals surface area contributed by atoms with Crippen LogP contribution < -0.4 is 5.32 Å². The lowest BCUT2D eigenvalue weighted by atomic mass is 10.3. The standard InChI is InChI=1S/C10H9F3N4O/c1-14-7-3-2-5-9(16-7)17-8(15-5)4-6(18)10(11,12)13/h2-3H,4H2,1H3,(H2,14,15,16,17). The van der Waals surface area contributed by atoms with Crippen molar-refractivity contribution in [3.05, 3.63) is 18.0 Å². The molecule has 0 aromatic carbocycles. The molecule has 0 bridgehead atoms. The topological polar surface area (TPSA) is 70.7 Å². The van der Waals surface area contributed by atoms with E-state index in [1.807, 2.05) is 0 Å². The van der Waals surface area contributed by atoms with Crippen molar-refractivity contribution in [2.75, 3.05) is 12.4 Å². The number of hydrogen-bond acceptors (Lipinski definition) is 4. The first kappa shape index (κ1) is 12.3. The molecule has 0 saturated carbocycles. The fraction of sp³-hybridized carbons (Fsp3) is 0.300. The highest BCUT2D eigenvalue weighted by Gasteiger charge is 2.38. The van der Waals surface area contributed by atoms with Crippen LogP contribution in [0.3, 0.4) is 0 Å². The van der Waals surface area contributed by atoms with E-state index >= 15 is 0 Å². The highest BCUT2D eigenvalue weighted by molar-refractivity contribution is 5.86. The van der Waals surface area contributed by atoms with Crippen LogP contribution in [0, 0.1) is 0 Å². The predicted molar refractivity (Wildman–Crippen MR) is 58.2 cm³/mol. The number of H-pyrrole nitrogens is 1. The number of aromatic amines is 1. The molecule has 2 heterocycles. The summed E-state index contributed by atoms with van der Waals surface area (Å²) in [6.45, 7) is 0. The molecule has 0 amide bonds. The van der Waals surface area contributed by atoms with E-state index in [1.165, 1.54) is 0 Å². The van der Waals surface area contributed by atoms with Gasteiger partial charge in [-0.3, -0.25) is 4.79 Å². The van der Waals surface area contributed by atoms with Crippen molar-refractivity contribution in [1.82, 2.24) is 15.0 Å². The van der Waals surface area contributed by atoms with E-state index in [0.29, 0.717) is 11.3 Å². The first-order chi connectivity index (χ1) is 8.40. The molecule has 18 heavy (non-hydrogen) atoms. The lowest BCUT2D eigenvalue weighted by molar-refractivity contribution is -0.170. The molecule has 96 valence electrons. The number of ketones is 1. The number of alkyl halides is 3. The minimum atomic E-state index is -4.84. The van der Waals surface area contributed by atoms with Gasteiger partial charge in [0.2, 0.25) is 5.78 Å². The minimum Gasteiger partial charge on any atom is -0.373 e. The number of hydrogen-bond donors (Lipinski definition) is 2. The van der Waals surface area contributed by atoms with Gasteiger partial charge in [-0.1, -0.05) is 0 Å². The van der Waals surface area contributed by atoms with Crippen LogP contribution in [0.1, 0.15) is 5.82 Å². The third kappa shape index (κ3) is 2.41. The van der Waals surface area contributed by atoms with Crippen molar-refractivity contribution in [1.29, 1.82) is 0 Å². The average Bonchev–Trinajstić information content (AvgIpc) is 2.68. The number of aromatic nitrogens is 3. The van der Waals surface area contributed by atoms with Gasteiger partial charge in [-0.2, -0.15) is 13.2 Å². The number of Topliss-reactive ketones (excluding diaryl/α,β-unsaturated/α-hetero) is 1. The molecule has 0 atom stereocenters. The van der Waals surface area contributed by atoms with Crippen LogP contribution in [0.25, 0.3) is 11.2 Å². The van der Waals surface area contributed by atoms with Gasteiger partial charge in [0, 0.05) is 7.05 Å². The molecule has 2 rings (SSSR count). The van der Waals surface area contributed by atoms with Gasteiger partial charge < -0.3 is 10.3 Å². The zero-order valence-corrected chi connectivity index (χ0v) is 9.30. The van der Waals surface area contributed by atoms with E-state index in [9.17, 15) is 18.0 Å². The first-order valence-electron chi connectivity index (χ1n) is 5.03. The number of carbonyl (C=O) groups excluding carboxylic acids is 1. The summed E-state index contributed by atoms with van der Waals surface area (Å²) >= 11 is 0. The molecule has 0 saturated heterocycles. The van der Waals surface area contributed by atoms with E-state index in [0.717, 1.165) is 0 Å². The Balaban J connectivity index is 2.28. The molecule has 0 aliphatic heterocycles. The van der Waals surface area contributed by atoms with Crippen LogP contribution in [0.5, 0.6) is 0 Å². The summed E-state index contributed by atoms with van der Waals surface area (Å²) in [5.41, 5.74) is 0.755. The van der Waals surface area contributed by atoms with Crippen molar-refractivity contribution in [3.63, 3.8) is 0 Å². The Morgan fingerprint density at radius 3 is 2.72 bits per heavy atom.